The molecule has 7 heavy (non-hydrogen) atoms. The lowest BCUT2D eigenvalue weighted by molar-refractivity contribution is 0.180. The Balaban J connectivity index is 2.95. The average molecular weight is 102 g/mol. The van der Waals surface area contributed by atoms with Gasteiger partial charge in [0.2, 0.25) is 0 Å². The molecule has 0 aliphatic heterocycles. The van der Waals surface area contributed by atoms with Crippen molar-refractivity contribution in [2.45, 2.75) is 25.5 Å². The summed E-state index contributed by atoms with van der Waals surface area (Å²) in [6.45, 7) is 5.20. The molecule has 0 aliphatic rings. The van der Waals surface area contributed by atoms with Crippen LogP contribution in [0.15, 0.2) is 0 Å². The predicted molar refractivity (Wildman–Crippen MR) is 29.6 cm³/mol. The zero-order valence-corrected chi connectivity index (χ0v) is 4.59. The standard InChI is InChI=1S/C5H12NO/c1-4(6)3-5(2)7/h4-5,7H,1,3,6H2,2H3. The third kappa shape index (κ3) is 5.92. The lowest BCUT2D eigenvalue weighted by Gasteiger charge is -2.04. The Morgan fingerprint density at radius 1 is 1.86 bits per heavy atom. The second-order valence-corrected chi connectivity index (χ2v) is 1.84. The van der Waals surface area contributed by atoms with Crippen LogP contribution in [0.25, 0.3) is 0 Å². The number of hydrogen-bond acceptors (Lipinski definition) is 2. The number of hydrogen-bond donors (Lipinski definition) is 2. The third-order valence-electron chi connectivity index (χ3n) is 0.644. The second kappa shape index (κ2) is 2.99. The van der Waals surface area contributed by atoms with E-state index in [1.807, 2.05) is 0 Å². The summed E-state index contributed by atoms with van der Waals surface area (Å²) in [6, 6.07) is -0.125. The molecule has 43 valence electrons. The molecule has 0 saturated carbocycles. The first kappa shape index (κ1) is 6.92. The van der Waals surface area contributed by atoms with Crippen molar-refractivity contribution in [1.82, 2.24) is 0 Å². The molecule has 2 unspecified atom stereocenters. The topological polar surface area (TPSA) is 46.2 Å². The molecule has 0 amide bonds. The fourth-order valence-electron chi connectivity index (χ4n) is 0.438. The van der Waals surface area contributed by atoms with Crippen molar-refractivity contribution in [2.75, 3.05) is 0 Å². The first-order valence-electron chi connectivity index (χ1n) is 2.39. The van der Waals surface area contributed by atoms with Gasteiger partial charge in [0.25, 0.3) is 0 Å². The highest BCUT2D eigenvalue weighted by atomic mass is 16.3. The Morgan fingerprint density at radius 3 is 2.29 bits per heavy atom. The minimum atomic E-state index is -0.313. The van der Waals surface area contributed by atoms with E-state index in [0.717, 1.165) is 0 Å². The molecule has 0 bridgehead atoms. The maximum absolute atomic E-state index is 8.60. The largest absolute Gasteiger partial charge is 0.393 e. The van der Waals surface area contributed by atoms with Gasteiger partial charge in [-0.25, -0.2) is 0 Å². The highest BCUT2D eigenvalue weighted by Gasteiger charge is 1.97. The van der Waals surface area contributed by atoms with Crippen LogP contribution in [0.1, 0.15) is 13.3 Å². The van der Waals surface area contributed by atoms with Crippen LogP contribution in [0.3, 0.4) is 0 Å². The molecule has 2 heteroatoms. The summed E-state index contributed by atoms with van der Waals surface area (Å²) < 4.78 is 0. The van der Waals surface area contributed by atoms with E-state index in [4.69, 9.17) is 10.8 Å². The molecule has 0 aromatic heterocycles. The summed E-state index contributed by atoms with van der Waals surface area (Å²) in [6.07, 6.45) is 0.271. The third-order valence-corrected chi connectivity index (χ3v) is 0.644. The Labute approximate surface area is 44.3 Å². The minimum Gasteiger partial charge on any atom is -0.393 e. The monoisotopic (exact) mass is 102 g/mol. The quantitative estimate of drug-likeness (QED) is 0.512. The molecular weight excluding hydrogens is 90.1 g/mol. The van der Waals surface area contributed by atoms with Crippen LogP contribution in [0.5, 0.6) is 0 Å². The van der Waals surface area contributed by atoms with Crippen molar-refractivity contribution >= 4 is 0 Å². The van der Waals surface area contributed by atoms with Gasteiger partial charge in [-0.05, 0) is 20.3 Å². The molecule has 0 spiro atoms. The lowest BCUT2D eigenvalue weighted by atomic mass is 10.2. The summed E-state index contributed by atoms with van der Waals surface area (Å²) >= 11 is 0. The van der Waals surface area contributed by atoms with Gasteiger partial charge in [-0.1, -0.05) is 0 Å². The molecule has 0 aliphatic carbocycles. The van der Waals surface area contributed by atoms with Crippen molar-refractivity contribution in [3.63, 3.8) is 0 Å². The van der Waals surface area contributed by atoms with Gasteiger partial charge < -0.3 is 10.8 Å². The van der Waals surface area contributed by atoms with E-state index in [-0.39, 0.29) is 12.1 Å². The van der Waals surface area contributed by atoms with Crippen molar-refractivity contribution in [3.05, 3.63) is 6.92 Å². The molecule has 3 N–H and O–H groups in total. The van der Waals surface area contributed by atoms with Crippen molar-refractivity contribution in [1.29, 1.82) is 0 Å². The van der Waals surface area contributed by atoms with Crippen LogP contribution in [0, 0.1) is 6.92 Å². The summed E-state index contributed by atoms with van der Waals surface area (Å²) in [4.78, 5) is 0. The number of rotatable bonds is 2. The summed E-state index contributed by atoms with van der Waals surface area (Å²) in [5, 5.41) is 8.60. The zero-order valence-electron chi connectivity index (χ0n) is 4.59. The molecule has 0 aromatic carbocycles. The van der Waals surface area contributed by atoms with Crippen LogP contribution in [-0.2, 0) is 0 Å². The van der Waals surface area contributed by atoms with E-state index in [1.54, 1.807) is 6.92 Å². The molecule has 2 nitrogen and oxygen atoms in total. The second-order valence-electron chi connectivity index (χ2n) is 1.84. The molecule has 0 rings (SSSR count). The van der Waals surface area contributed by atoms with Gasteiger partial charge in [-0.2, -0.15) is 0 Å². The maximum Gasteiger partial charge on any atom is 0.0526 e. The zero-order chi connectivity index (χ0) is 5.86. The fourth-order valence-corrected chi connectivity index (χ4v) is 0.438. The van der Waals surface area contributed by atoms with Gasteiger partial charge in [0.05, 0.1) is 6.10 Å². The SMILES string of the molecule is [CH2]C(N)CC(C)O. The summed E-state index contributed by atoms with van der Waals surface area (Å²) in [5.41, 5.74) is 5.22. The van der Waals surface area contributed by atoms with E-state index >= 15 is 0 Å². The smallest absolute Gasteiger partial charge is 0.0526 e. The van der Waals surface area contributed by atoms with Crippen LogP contribution < -0.4 is 5.73 Å². The van der Waals surface area contributed by atoms with Crippen molar-refractivity contribution < 1.29 is 5.11 Å². The van der Waals surface area contributed by atoms with E-state index in [0.29, 0.717) is 6.42 Å². The van der Waals surface area contributed by atoms with E-state index < -0.39 is 0 Å². The fraction of sp³-hybridized carbons (Fsp3) is 0.800. The first-order chi connectivity index (χ1) is 3.13. The predicted octanol–water partition coefficient (Wildman–Crippen LogP) is -0.0813. The van der Waals surface area contributed by atoms with Gasteiger partial charge in [-0.15, -0.1) is 0 Å². The van der Waals surface area contributed by atoms with Crippen LogP contribution in [0.4, 0.5) is 0 Å². The van der Waals surface area contributed by atoms with E-state index in [1.165, 1.54) is 0 Å². The normalized spacial score (nSPS) is 18.9. The van der Waals surface area contributed by atoms with Gasteiger partial charge in [0.15, 0.2) is 0 Å². The Hall–Kier alpha value is -0.0800. The van der Waals surface area contributed by atoms with Crippen molar-refractivity contribution in [2.24, 2.45) is 5.73 Å². The molecule has 1 radical (unpaired) electrons. The van der Waals surface area contributed by atoms with Crippen LogP contribution in [0.2, 0.25) is 0 Å². The lowest BCUT2D eigenvalue weighted by Crippen LogP contribution is -2.20. The molecule has 0 aromatic rings. The molecule has 0 saturated heterocycles. The van der Waals surface area contributed by atoms with Crippen LogP contribution >= 0.6 is 0 Å². The Morgan fingerprint density at radius 2 is 2.29 bits per heavy atom. The van der Waals surface area contributed by atoms with Gasteiger partial charge >= 0.3 is 0 Å². The number of aliphatic hydroxyl groups excluding tert-OH is 1. The van der Waals surface area contributed by atoms with Crippen molar-refractivity contribution in [3.8, 4) is 0 Å². The van der Waals surface area contributed by atoms with E-state index in [9.17, 15) is 0 Å². The number of aliphatic hydroxyl groups is 1. The molecule has 2 atom stereocenters. The highest BCUT2D eigenvalue weighted by Crippen LogP contribution is 1.90. The summed E-state index contributed by atoms with van der Waals surface area (Å²) in [7, 11) is 0. The maximum atomic E-state index is 8.60. The first-order valence-corrected chi connectivity index (χ1v) is 2.39. The van der Waals surface area contributed by atoms with Gasteiger partial charge in [-0.3, -0.25) is 0 Å². The Kier molecular flexibility index (Phi) is 2.96. The average Bonchev–Trinajstić information content (AvgIpc) is 1.27. The summed E-state index contributed by atoms with van der Waals surface area (Å²) in [5.74, 6) is 0. The molecule has 0 fully saturated rings. The van der Waals surface area contributed by atoms with Gasteiger partial charge in [0.1, 0.15) is 0 Å². The molecule has 0 heterocycles. The molecular formula is C5H12NO. The van der Waals surface area contributed by atoms with E-state index in [2.05, 4.69) is 6.92 Å². The Bertz CT molecular complexity index is 37.3. The highest BCUT2D eigenvalue weighted by molar-refractivity contribution is 4.64. The van der Waals surface area contributed by atoms with Crippen LogP contribution in [-0.4, -0.2) is 17.3 Å². The minimum absolute atomic E-state index is 0.125. The number of nitrogens with two attached hydrogens (primary N) is 1. The van der Waals surface area contributed by atoms with Gasteiger partial charge in [0, 0.05) is 6.04 Å².